The minimum absolute atomic E-state index is 0.0481. The number of ether oxygens (including phenoxy) is 3. The first-order valence-electron chi connectivity index (χ1n) is 23.5. The molecular weight excluding hydrogens is 693 g/mol. The highest BCUT2D eigenvalue weighted by molar-refractivity contribution is 5.70. The third kappa shape index (κ3) is 44.1. The Morgan fingerprint density at radius 1 is 0.411 bits per heavy atom. The fourth-order valence-corrected chi connectivity index (χ4v) is 6.20. The Bertz CT molecular complexity index is 1020. The van der Waals surface area contributed by atoms with E-state index in [0.29, 0.717) is 25.9 Å². The van der Waals surface area contributed by atoms with Crippen molar-refractivity contribution in [2.24, 2.45) is 0 Å². The SMILES string of the molecule is CC/C=C\C/C=C\C/C=C\C/C=C\CCC(=O)OC(COCCCCCCCC/C=C\CCCC)COC(=O)CCCCCCC/C=C\CCCCCCCC. The van der Waals surface area contributed by atoms with Gasteiger partial charge in [0, 0.05) is 19.4 Å². The first-order valence-corrected chi connectivity index (χ1v) is 23.5. The van der Waals surface area contributed by atoms with Crippen LogP contribution >= 0.6 is 0 Å². The molecule has 0 aromatic rings. The Hall–Kier alpha value is -2.66. The molecule has 1 unspecified atom stereocenters. The molecule has 56 heavy (non-hydrogen) atoms. The van der Waals surface area contributed by atoms with Crippen molar-refractivity contribution in [1.82, 2.24) is 0 Å². The summed E-state index contributed by atoms with van der Waals surface area (Å²) in [5.41, 5.74) is 0. The molecule has 5 nitrogen and oxygen atoms in total. The molecule has 0 aromatic carbocycles. The Balaban J connectivity index is 4.37. The zero-order chi connectivity index (χ0) is 40.7. The molecule has 0 bridgehead atoms. The molecule has 0 saturated heterocycles. The van der Waals surface area contributed by atoms with Crippen LogP contribution in [-0.2, 0) is 23.8 Å². The molecule has 0 N–H and O–H groups in total. The second kappa shape index (κ2) is 46.7. The summed E-state index contributed by atoms with van der Waals surface area (Å²) >= 11 is 0. The van der Waals surface area contributed by atoms with Gasteiger partial charge in [0.15, 0.2) is 6.10 Å². The molecule has 0 heterocycles. The maximum Gasteiger partial charge on any atom is 0.306 e. The number of hydrogen-bond acceptors (Lipinski definition) is 5. The van der Waals surface area contributed by atoms with E-state index in [1.54, 1.807) is 0 Å². The van der Waals surface area contributed by atoms with Crippen molar-refractivity contribution in [3.8, 4) is 0 Å². The predicted octanol–water partition coefficient (Wildman–Crippen LogP) is 15.6. The summed E-state index contributed by atoms with van der Waals surface area (Å²) in [4.78, 5) is 25.2. The summed E-state index contributed by atoms with van der Waals surface area (Å²) in [5, 5.41) is 0. The molecule has 0 aliphatic carbocycles. The van der Waals surface area contributed by atoms with E-state index < -0.39 is 6.10 Å². The van der Waals surface area contributed by atoms with Gasteiger partial charge >= 0.3 is 11.9 Å². The maximum atomic E-state index is 12.7. The minimum Gasteiger partial charge on any atom is -0.462 e. The van der Waals surface area contributed by atoms with Gasteiger partial charge in [-0.05, 0) is 89.9 Å². The zero-order valence-corrected chi connectivity index (χ0v) is 36.9. The highest BCUT2D eigenvalue weighted by atomic mass is 16.6. The number of allylic oxidation sites excluding steroid dienone is 12. The number of hydrogen-bond donors (Lipinski definition) is 0. The van der Waals surface area contributed by atoms with E-state index >= 15 is 0 Å². The van der Waals surface area contributed by atoms with Gasteiger partial charge in [0.05, 0.1) is 6.61 Å². The quantitative estimate of drug-likeness (QED) is 0.0351. The van der Waals surface area contributed by atoms with Gasteiger partial charge in [-0.25, -0.2) is 0 Å². The van der Waals surface area contributed by atoms with Crippen LogP contribution in [-0.4, -0.2) is 37.9 Å². The van der Waals surface area contributed by atoms with E-state index in [4.69, 9.17) is 14.2 Å². The van der Waals surface area contributed by atoms with E-state index in [0.717, 1.165) is 64.2 Å². The number of carbonyl (C=O) groups excluding carboxylic acids is 2. The number of unbranched alkanes of at least 4 members (excludes halogenated alkanes) is 19. The van der Waals surface area contributed by atoms with Gasteiger partial charge in [0.2, 0.25) is 0 Å². The third-order valence-corrected chi connectivity index (χ3v) is 9.71. The van der Waals surface area contributed by atoms with Crippen LogP contribution in [0.25, 0.3) is 0 Å². The minimum atomic E-state index is -0.580. The van der Waals surface area contributed by atoms with E-state index in [-0.39, 0.29) is 25.2 Å². The molecule has 5 heteroatoms. The normalized spacial score (nSPS) is 12.8. The molecule has 0 aliphatic rings. The molecular formula is C51H88O5. The monoisotopic (exact) mass is 781 g/mol. The largest absolute Gasteiger partial charge is 0.462 e. The first kappa shape index (κ1) is 53.3. The molecule has 0 aromatic heterocycles. The third-order valence-electron chi connectivity index (χ3n) is 9.71. The smallest absolute Gasteiger partial charge is 0.306 e. The van der Waals surface area contributed by atoms with Crippen molar-refractivity contribution in [3.63, 3.8) is 0 Å². The standard InChI is InChI=1S/C51H88O5/c1-4-7-10-13-16-19-22-25-26-28-29-32-35-38-41-44-50(52)55-48-49(47-54-46-43-40-37-34-31-24-21-18-15-12-9-6-3)56-51(53)45-42-39-36-33-30-27-23-20-17-14-11-8-5-2/h8,11,15,17-18,20,25-27,30,36,39,49H,4-7,9-10,12-14,16,19,21-24,28-29,31-35,37-38,40-48H2,1-3H3/b11-8-,18-15-,20-17-,26-25-,30-27-,39-36-. The first-order chi connectivity index (χ1) is 27.6. The summed E-state index contributed by atoms with van der Waals surface area (Å²) in [5.74, 6) is -0.505. The summed E-state index contributed by atoms with van der Waals surface area (Å²) in [6, 6.07) is 0. The molecule has 0 radical (unpaired) electrons. The summed E-state index contributed by atoms with van der Waals surface area (Å²) in [6.45, 7) is 7.57. The van der Waals surface area contributed by atoms with Crippen LogP contribution in [0.5, 0.6) is 0 Å². The van der Waals surface area contributed by atoms with Crippen LogP contribution in [0.15, 0.2) is 72.9 Å². The van der Waals surface area contributed by atoms with Gasteiger partial charge in [-0.3, -0.25) is 9.59 Å². The summed E-state index contributed by atoms with van der Waals surface area (Å²) in [7, 11) is 0. The predicted molar refractivity (Wildman–Crippen MR) is 242 cm³/mol. The fraction of sp³-hybridized carbons (Fsp3) is 0.725. The summed E-state index contributed by atoms with van der Waals surface area (Å²) in [6.07, 6.45) is 59.1. The van der Waals surface area contributed by atoms with Crippen molar-refractivity contribution in [3.05, 3.63) is 72.9 Å². The van der Waals surface area contributed by atoms with Crippen molar-refractivity contribution >= 4 is 11.9 Å². The Kier molecular flexibility index (Phi) is 44.5. The molecule has 322 valence electrons. The van der Waals surface area contributed by atoms with Crippen molar-refractivity contribution < 1.29 is 23.8 Å². The Labute approximate surface area is 347 Å². The highest BCUT2D eigenvalue weighted by Crippen LogP contribution is 2.12. The molecule has 0 rings (SSSR count). The van der Waals surface area contributed by atoms with Crippen LogP contribution < -0.4 is 0 Å². The average molecular weight is 781 g/mol. The van der Waals surface area contributed by atoms with Gasteiger partial charge in [-0.2, -0.15) is 0 Å². The van der Waals surface area contributed by atoms with Crippen molar-refractivity contribution in [1.29, 1.82) is 0 Å². The topological polar surface area (TPSA) is 61.8 Å². The molecule has 0 aliphatic heterocycles. The second-order valence-electron chi connectivity index (χ2n) is 15.3. The van der Waals surface area contributed by atoms with Crippen molar-refractivity contribution in [2.75, 3.05) is 19.8 Å². The Morgan fingerprint density at radius 2 is 0.857 bits per heavy atom. The number of rotatable bonds is 42. The van der Waals surface area contributed by atoms with Crippen LogP contribution in [0.4, 0.5) is 0 Å². The molecule has 0 saturated carbocycles. The average Bonchev–Trinajstić information content (AvgIpc) is 3.20. The van der Waals surface area contributed by atoms with Gasteiger partial charge in [0.1, 0.15) is 6.61 Å². The molecule has 1 atom stereocenters. The summed E-state index contributed by atoms with van der Waals surface area (Å²) < 4.78 is 17.2. The lowest BCUT2D eigenvalue weighted by atomic mass is 10.1. The van der Waals surface area contributed by atoms with E-state index in [1.807, 2.05) is 6.08 Å². The van der Waals surface area contributed by atoms with Gasteiger partial charge < -0.3 is 14.2 Å². The van der Waals surface area contributed by atoms with E-state index in [2.05, 4.69) is 87.6 Å². The number of esters is 2. The van der Waals surface area contributed by atoms with E-state index in [9.17, 15) is 9.59 Å². The van der Waals surface area contributed by atoms with Crippen LogP contribution in [0, 0.1) is 0 Å². The lowest BCUT2D eigenvalue weighted by Crippen LogP contribution is -2.30. The van der Waals surface area contributed by atoms with Crippen molar-refractivity contribution in [2.45, 2.75) is 219 Å². The maximum absolute atomic E-state index is 12.7. The van der Waals surface area contributed by atoms with Crippen LogP contribution in [0.3, 0.4) is 0 Å². The second-order valence-corrected chi connectivity index (χ2v) is 15.3. The molecule has 0 fully saturated rings. The lowest BCUT2D eigenvalue weighted by molar-refractivity contribution is -0.162. The van der Waals surface area contributed by atoms with Gasteiger partial charge in [-0.1, -0.05) is 184 Å². The fourth-order valence-electron chi connectivity index (χ4n) is 6.20. The highest BCUT2D eigenvalue weighted by Gasteiger charge is 2.17. The van der Waals surface area contributed by atoms with Crippen LogP contribution in [0.2, 0.25) is 0 Å². The van der Waals surface area contributed by atoms with Crippen LogP contribution in [0.1, 0.15) is 213 Å². The molecule has 0 spiro atoms. The number of carbonyl (C=O) groups is 2. The van der Waals surface area contributed by atoms with Gasteiger partial charge in [-0.15, -0.1) is 0 Å². The zero-order valence-electron chi connectivity index (χ0n) is 36.9. The lowest BCUT2D eigenvalue weighted by Gasteiger charge is -2.18. The van der Waals surface area contributed by atoms with E-state index in [1.165, 1.54) is 109 Å². The molecule has 0 amide bonds. The Morgan fingerprint density at radius 3 is 1.41 bits per heavy atom. The van der Waals surface area contributed by atoms with Gasteiger partial charge in [0.25, 0.3) is 0 Å².